The van der Waals surface area contributed by atoms with Crippen molar-refractivity contribution in [2.24, 2.45) is 5.11 Å². The molecule has 13 nitrogen and oxygen atoms in total. The Morgan fingerprint density at radius 2 is 1.92 bits per heavy atom. The zero-order chi connectivity index (χ0) is 29.5. The van der Waals surface area contributed by atoms with Gasteiger partial charge in [0, 0.05) is 29.3 Å². The van der Waals surface area contributed by atoms with Crippen molar-refractivity contribution in [2.45, 2.75) is 110 Å². The predicted molar refractivity (Wildman–Crippen MR) is 151 cm³/mol. The monoisotopic (exact) mass is 583 g/mol. The molecule has 5 atom stereocenters. The van der Waals surface area contributed by atoms with Gasteiger partial charge in [-0.3, -0.25) is 14.3 Å². The maximum Gasteiger partial charge on any atom is 0.330 e. The second-order valence-electron chi connectivity index (χ2n) is 11.5. The molecule has 2 rings (SSSR count). The summed E-state index contributed by atoms with van der Waals surface area (Å²) in [6.45, 7) is 18.7. The molecule has 1 fully saturated rings. The van der Waals surface area contributed by atoms with Crippen LogP contribution in [0.5, 0.6) is 0 Å². The molecule has 0 saturated carbocycles. The Balaban J connectivity index is 2.66. The standard InChI is InChI=1S/C24H42N7O6PSi/c1-16(2)31(17(3)4)38(34-14-10-12-25)36-20-18(15-27-29-26)35-22(30-13-11-19(32)28-23(30)33)21(20)37-39(8,9)24(5,6)7/h11,13,16-18,20-22H,10,14-15H2,1-9H3,(H,28,32,33)/t18-,20?,21+,22-,38?/m1/s1. The normalized spacial score (nSPS) is 22.7. The molecule has 1 aromatic rings. The van der Waals surface area contributed by atoms with Gasteiger partial charge in [0.2, 0.25) is 0 Å². The van der Waals surface area contributed by atoms with Gasteiger partial charge in [0.25, 0.3) is 14.1 Å². The van der Waals surface area contributed by atoms with Crippen LogP contribution >= 0.6 is 8.53 Å². The fraction of sp³-hybridized carbons (Fsp3) is 0.792. The summed E-state index contributed by atoms with van der Waals surface area (Å²) in [5.74, 6) is 0. The number of nitrogens with zero attached hydrogens (tertiary/aromatic N) is 6. The van der Waals surface area contributed by atoms with Gasteiger partial charge in [-0.25, -0.2) is 9.46 Å². The molecule has 0 amide bonds. The highest BCUT2D eigenvalue weighted by atomic mass is 31.2. The minimum atomic E-state index is -2.47. The molecule has 0 radical (unpaired) electrons. The van der Waals surface area contributed by atoms with Crippen LogP contribution in [0.15, 0.2) is 27.0 Å². The van der Waals surface area contributed by atoms with Crippen LogP contribution in [0.3, 0.4) is 0 Å². The first-order valence-corrected chi connectivity index (χ1v) is 17.1. The number of aromatic nitrogens is 2. The molecule has 2 heterocycles. The molecule has 2 unspecified atom stereocenters. The third kappa shape index (κ3) is 8.46. The largest absolute Gasteiger partial charge is 0.407 e. The fourth-order valence-corrected chi connectivity index (χ4v) is 7.05. The highest BCUT2D eigenvalue weighted by Crippen LogP contribution is 2.51. The van der Waals surface area contributed by atoms with Gasteiger partial charge in [-0.15, -0.1) is 0 Å². The Morgan fingerprint density at radius 1 is 1.28 bits per heavy atom. The number of H-pyrrole nitrogens is 1. The van der Waals surface area contributed by atoms with Crippen molar-refractivity contribution in [3.05, 3.63) is 43.5 Å². The maximum absolute atomic E-state index is 12.8. The van der Waals surface area contributed by atoms with Crippen molar-refractivity contribution in [2.75, 3.05) is 13.2 Å². The van der Waals surface area contributed by atoms with Gasteiger partial charge in [0.05, 0.1) is 31.7 Å². The predicted octanol–water partition coefficient (Wildman–Crippen LogP) is 4.80. The van der Waals surface area contributed by atoms with E-state index >= 15 is 0 Å². The number of azide groups is 1. The molecule has 1 N–H and O–H groups in total. The Morgan fingerprint density at radius 3 is 2.44 bits per heavy atom. The molecule has 1 aliphatic rings. The van der Waals surface area contributed by atoms with Crippen molar-refractivity contribution < 1.29 is 18.2 Å². The lowest BCUT2D eigenvalue weighted by atomic mass is 10.1. The van der Waals surface area contributed by atoms with E-state index in [-0.39, 0.29) is 36.7 Å². The minimum Gasteiger partial charge on any atom is -0.407 e. The lowest BCUT2D eigenvalue weighted by Gasteiger charge is -2.42. The van der Waals surface area contributed by atoms with E-state index in [0.717, 1.165) is 0 Å². The van der Waals surface area contributed by atoms with E-state index in [1.165, 1.54) is 16.8 Å². The van der Waals surface area contributed by atoms with E-state index in [1.807, 2.05) is 27.7 Å². The summed E-state index contributed by atoms with van der Waals surface area (Å²) in [6.07, 6.45) is -1.77. The van der Waals surface area contributed by atoms with Gasteiger partial charge in [-0.1, -0.05) is 25.9 Å². The molecule has 39 heavy (non-hydrogen) atoms. The van der Waals surface area contributed by atoms with Crippen LogP contribution in [0.25, 0.3) is 10.4 Å². The van der Waals surface area contributed by atoms with Gasteiger partial charge in [-0.2, -0.15) is 5.26 Å². The molecular weight excluding hydrogens is 541 g/mol. The van der Waals surface area contributed by atoms with Crippen LogP contribution in [0.4, 0.5) is 0 Å². The van der Waals surface area contributed by atoms with Crippen molar-refractivity contribution in [1.29, 1.82) is 5.26 Å². The van der Waals surface area contributed by atoms with E-state index in [2.05, 4.69) is 59.6 Å². The lowest BCUT2D eigenvalue weighted by molar-refractivity contribution is -0.0336. The van der Waals surface area contributed by atoms with E-state index in [4.69, 9.17) is 29.0 Å². The molecule has 1 aliphatic heterocycles. The molecule has 0 aromatic carbocycles. The van der Waals surface area contributed by atoms with E-state index in [0.29, 0.717) is 0 Å². The van der Waals surface area contributed by atoms with E-state index in [1.54, 1.807) is 0 Å². The third-order valence-electron chi connectivity index (χ3n) is 6.85. The van der Waals surface area contributed by atoms with Crippen molar-refractivity contribution in [3.63, 3.8) is 0 Å². The summed E-state index contributed by atoms with van der Waals surface area (Å²) >= 11 is 0. The summed E-state index contributed by atoms with van der Waals surface area (Å²) < 4.78 is 29.4. The second-order valence-corrected chi connectivity index (χ2v) is 17.6. The summed E-state index contributed by atoms with van der Waals surface area (Å²) in [5.41, 5.74) is 7.88. The fourth-order valence-electron chi connectivity index (χ4n) is 3.99. The first kappa shape index (κ1) is 33.1. The molecule has 0 bridgehead atoms. The smallest absolute Gasteiger partial charge is 0.330 e. The average molecular weight is 584 g/mol. The zero-order valence-corrected chi connectivity index (χ0v) is 26.2. The number of aromatic amines is 1. The van der Waals surface area contributed by atoms with Crippen LogP contribution < -0.4 is 11.2 Å². The Labute approximate surface area is 232 Å². The first-order chi connectivity index (χ1) is 18.1. The second kappa shape index (κ2) is 14.0. The van der Waals surface area contributed by atoms with Crippen molar-refractivity contribution in [1.82, 2.24) is 14.2 Å². The number of rotatable bonds is 13. The van der Waals surface area contributed by atoms with Crippen LogP contribution in [0.2, 0.25) is 18.1 Å². The Kier molecular flexibility index (Phi) is 11.9. The first-order valence-electron chi connectivity index (χ1n) is 13.0. The van der Waals surface area contributed by atoms with Crippen molar-refractivity contribution in [3.8, 4) is 6.07 Å². The SMILES string of the molecule is CC(C)N(C(C)C)P(OCCC#N)OC1[C@@H](CN=[N+]=[N-])O[C@@H](n2ccc(=O)[nH]c2=O)[C@H]1O[Si](C)(C)C(C)(C)C. The summed E-state index contributed by atoms with van der Waals surface area (Å²) in [7, 11) is -4.18. The zero-order valence-electron chi connectivity index (χ0n) is 24.3. The summed E-state index contributed by atoms with van der Waals surface area (Å²) in [5, 5.41) is 12.7. The van der Waals surface area contributed by atoms with Crippen molar-refractivity contribution >= 4 is 16.8 Å². The van der Waals surface area contributed by atoms with Crippen LogP contribution in [0, 0.1) is 11.3 Å². The maximum atomic E-state index is 12.8. The highest BCUT2D eigenvalue weighted by molar-refractivity contribution is 7.44. The number of nitriles is 1. The summed E-state index contributed by atoms with van der Waals surface area (Å²) in [6, 6.07) is 3.43. The van der Waals surface area contributed by atoms with E-state index < -0.39 is 52.6 Å². The topological polar surface area (TPSA) is 168 Å². The molecule has 0 aliphatic carbocycles. The van der Waals surface area contributed by atoms with Crippen LogP contribution in [0.1, 0.15) is 61.1 Å². The van der Waals surface area contributed by atoms with Gasteiger partial charge in [0.1, 0.15) is 12.2 Å². The van der Waals surface area contributed by atoms with Crippen LogP contribution in [-0.4, -0.2) is 66.1 Å². The number of hydrogen-bond donors (Lipinski definition) is 1. The molecule has 15 heteroatoms. The Bertz CT molecular complexity index is 1150. The number of ether oxygens (including phenoxy) is 1. The van der Waals surface area contributed by atoms with Crippen LogP contribution in [-0.2, 0) is 18.2 Å². The molecule has 1 aromatic heterocycles. The number of nitrogens with one attached hydrogen (secondary N) is 1. The molecule has 218 valence electrons. The molecular formula is C24H42N7O6PSi. The Hall–Kier alpha value is -2.07. The van der Waals surface area contributed by atoms with E-state index in [9.17, 15) is 9.59 Å². The highest BCUT2D eigenvalue weighted by Gasteiger charge is 2.53. The summed E-state index contributed by atoms with van der Waals surface area (Å²) in [4.78, 5) is 29.8. The van der Waals surface area contributed by atoms with Gasteiger partial charge in [0.15, 0.2) is 14.5 Å². The molecule has 1 saturated heterocycles. The third-order valence-corrected chi connectivity index (χ3v) is 13.4. The minimum absolute atomic E-state index is 0.0495. The quantitative estimate of drug-likeness (QED) is 0.0863. The van der Waals surface area contributed by atoms with Gasteiger partial charge in [-0.05, 0) is 51.4 Å². The average Bonchev–Trinajstić information content (AvgIpc) is 3.12. The van der Waals surface area contributed by atoms with Gasteiger partial charge < -0.3 is 18.2 Å². The molecule has 0 spiro atoms. The van der Waals surface area contributed by atoms with Gasteiger partial charge >= 0.3 is 5.69 Å². The lowest BCUT2D eigenvalue weighted by Crippen LogP contribution is -2.50. The number of hydrogen-bond acceptors (Lipinski definition) is 9.